The molecule has 2 N–H and O–H groups in total. The van der Waals surface area contributed by atoms with Crippen LogP contribution < -0.4 is 4.74 Å². The Kier molecular flexibility index (Phi) is 2.88. The second-order valence-electron chi connectivity index (χ2n) is 6.80. The second-order valence-corrected chi connectivity index (χ2v) is 6.80. The van der Waals surface area contributed by atoms with Crippen LogP contribution in [0.2, 0.25) is 0 Å². The first-order valence-corrected chi connectivity index (χ1v) is 8.38. The Labute approximate surface area is 143 Å². The minimum atomic E-state index is -0.504. The third-order valence-electron chi connectivity index (χ3n) is 5.28. The zero-order valence-electron chi connectivity index (χ0n) is 13.7. The first-order chi connectivity index (χ1) is 12.1. The van der Waals surface area contributed by atoms with E-state index in [1.54, 1.807) is 0 Å². The smallest absolute Gasteiger partial charge is 0.262 e. The van der Waals surface area contributed by atoms with Gasteiger partial charge in [0.2, 0.25) is 5.88 Å². The predicted molar refractivity (Wildman–Crippen MR) is 87.7 cm³/mol. The van der Waals surface area contributed by atoms with E-state index in [9.17, 15) is 10.2 Å². The molecule has 0 aliphatic carbocycles. The number of hydrogen-bond acceptors (Lipinski definition) is 6. The van der Waals surface area contributed by atoms with Crippen molar-refractivity contribution in [3.05, 3.63) is 35.4 Å². The van der Waals surface area contributed by atoms with Crippen LogP contribution >= 0.6 is 0 Å². The van der Waals surface area contributed by atoms with Crippen LogP contribution in [-0.4, -0.2) is 26.5 Å². The number of ether oxygens (including phenoxy) is 2. The summed E-state index contributed by atoms with van der Waals surface area (Å²) >= 11 is 0. The zero-order chi connectivity index (χ0) is 17.2. The van der Waals surface area contributed by atoms with Gasteiger partial charge in [0.1, 0.15) is 6.61 Å². The van der Waals surface area contributed by atoms with Crippen molar-refractivity contribution in [3.8, 4) is 17.6 Å². The van der Waals surface area contributed by atoms with Crippen molar-refractivity contribution >= 4 is 11.0 Å². The normalized spacial score (nSPS) is 24.1. The summed E-state index contributed by atoms with van der Waals surface area (Å²) in [5.74, 6) is 0.532. The maximum Gasteiger partial charge on any atom is 0.262 e. The number of aromatic hydroxyl groups is 2. The molecule has 25 heavy (non-hydrogen) atoms. The van der Waals surface area contributed by atoms with Gasteiger partial charge in [-0.25, -0.2) is 0 Å². The molecule has 2 aliphatic rings. The quantitative estimate of drug-likeness (QED) is 0.757. The maximum absolute atomic E-state index is 10.6. The van der Waals surface area contributed by atoms with Crippen LogP contribution in [0.15, 0.2) is 28.8 Å². The molecule has 5 rings (SSSR count). The molecule has 0 amide bonds. The third kappa shape index (κ3) is 1.93. The summed E-state index contributed by atoms with van der Waals surface area (Å²) in [7, 11) is 0. The largest absolute Gasteiger partial charge is 0.494 e. The molecule has 1 aromatic carbocycles. The van der Waals surface area contributed by atoms with E-state index in [1.807, 2.05) is 31.2 Å². The van der Waals surface area contributed by atoms with Gasteiger partial charge in [0.05, 0.1) is 34.8 Å². The summed E-state index contributed by atoms with van der Waals surface area (Å²) in [5.41, 5.74) is 1.59. The molecular weight excluding hydrogens is 324 g/mol. The van der Waals surface area contributed by atoms with Gasteiger partial charge < -0.3 is 24.2 Å². The van der Waals surface area contributed by atoms with E-state index in [-0.39, 0.29) is 24.5 Å². The van der Waals surface area contributed by atoms with Gasteiger partial charge in [0.15, 0.2) is 11.5 Å². The lowest BCUT2D eigenvalue weighted by Gasteiger charge is -2.19. The Morgan fingerprint density at radius 3 is 3.00 bits per heavy atom. The summed E-state index contributed by atoms with van der Waals surface area (Å²) in [6.45, 7) is 2.50. The molecule has 0 spiro atoms. The van der Waals surface area contributed by atoms with Crippen LogP contribution in [0.25, 0.3) is 11.0 Å². The number of rotatable bonds is 4. The Balaban J connectivity index is 1.38. The van der Waals surface area contributed by atoms with Crippen LogP contribution in [0.3, 0.4) is 0 Å². The lowest BCUT2D eigenvalue weighted by atomic mass is 9.86. The van der Waals surface area contributed by atoms with Crippen molar-refractivity contribution in [2.24, 2.45) is 0 Å². The van der Waals surface area contributed by atoms with Gasteiger partial charge in [-0.05, 0) is 37.1 Å². The maximum atomic E-state index is 10.6. The SMILES string of the molecule is CC12CCC(O1)c1c2c(O)n(CCOc2noc3ccccc23)c1O. The van der Waals surface area contributed by atoms with Crippen LogP contribution in [0.4, 0.5) is 0 Å². The lowest BCUT2D eigenvalue weighted by Crippen LogP contribution is -2.17. The Bertz CT molecular complexity index is 975. The van der Waals surface area contributed by atoms with E-state index in [1.165, 1.54) is 4.57 Å². The van der Waals surface area contributed by atoms with Gasteiger partial charge in [0.25, 0.3) is 5.88 Å². The topological polar surface area (TPSA) is 89.9 Å². The highest BCUT2D eigenvalue weighted by Crippen LogP contribution is 2.60. The number of hydrogen-bond donors (Lipinski definition) is 2. The molecule has 1 saturated heterocycles. The highest BCUT2D eigenvalue weighted by Gasteiger charge is 2.52. The van der Waals surface area contributed by atoms with Crippen molar-refractivity contribution in [2.45, 2.75) is 38.0 Å². The van der Waals surface area contributed by atoms with Crippen LogP contribution in [-0.2, 0) is 16.9 Å². The number of aromatic nitrogens is 2. The van der Waals surface area contributed by atoms with Gasteiger partial charge in [-0.3, -0.25) is 4.57 Å². The zero-order valence-corrected chi connectivity index (χ0v) is 13.7. The highest BCUT2D eigenvalue weighted by molar-refractivity contribution is 5.81. The number of fused-ring (bicyclic) bond motifs is 6. The molecule has 7 heteroatoms. The Morgan fingerprint density at radius 1 is 1.32 bits per heavy atom. The van der Waals surface area contributed by atoms with Crippen LogP contribution in [0, 0.1) is 0 Å². The fourth-order valence-electron chi connectivity index (χ4n) is 4.08. The average molecular weight is 342 g/mol. The van der Waals surface area contributed by atoms with Gasteiger partial charge in [-0.1, -0.05) is 12.1 Å². The summed E-state index contributed by atoms with van der Waals surface area (Å²) in [5, 5.41) is 25.8. The molecule has 3 aromatic rings. The summed E-state index contributed by atoms with van der Waals surface area (Å²) < 4.78 is 18.3. The average Bonchev–Trinajstić information content (AvgIpc) is 3.32. The molecule has 2 aromatic heterocycles. The van der Waals surface area contributed by atoms with Crippen molar-refractivity contribution in [1.82, 2.24) is 9.72 Å². The molecule has 2 aliphatic heterocycles. The van der Waals surface area contributed by atoms with E-state index in [0.29, 0.717) is 23.6 Å². The minimum absolute atomic E-state index is 0.0609. The Morgan fingerprint density at radius 2 is 2.16 bits per heavy atom. The predicted octanol–water partition coefficient (Wildman–Crippen LogP) is 3.20. The molecule has 2 bridgehead atoms. The molecule has 0 saturated carbocycles. The molecule has 0 radical (unpaired) electrons. The fraction of sp³-hybridized carbons (Fsp3) is 0.389. The van der Waals surface area contributed by atoms with E-state index >= 15 is 0 Å². The van der Waals surface area contributed by atoms with Crippen LogP contribution in [0.5, 0.6) is 17.6 Å². The van der Waals surface area contributed by atoms with E-state index < -0.39 is 5.60 Å². The number of benzene rings is 1. The summed E-state index contributed by atoms with van der Waals surface area (Å²) in [6, 6.07) is 7.44. The second kappa shape index (κ2) is 4.92. The fourth-order valence-corrected chi connectivity index (χ4v) is 4.08. The molecular formula is C18H18N2O5. The van der Waals surface area contributed by atoms with Crippen molar-refractivity contribution in [1.29, 1.82) is 0 Å². The Hall–Kier alpha value is -2.67. The number of nitrogens with zero attached hydrogens (tertiary/aromatic N) is 2. The summed E-state index contributed by atoms with van der Waals surface area (Å²) in [6.07, 6.45) is 1.58. The van der Waals surface area contributed by atoms with Gasteiger partial charge in [0, 0.05) is 0 Å². The van der Waals surface area contributed by atoms with Gasteiger partial charge >= 0.3 is 0 Å². The first kappa shape index (κ1) is 14.7. The third-order valence-corrected chi connectivity index (χ3v) is 5.28. The minimum Gasteiger partial charge on any atom is -0.494 e. The summed E-state index contributed by atoms with van der Waals surface area (Å²) in [4.78, 5) is 0. The number of para-hydroxylation sites is 1. The molecule has 4 heterocycles. The van der Waals surface area contributed by atoms with E-state index in [0.717, 1.165) is 23.8 Å². The monoisotopic (exact) mass is 342 g/mol. The van der Waals surface area contributed by atoms with E-state index in [4.69, 9.17) is 14.0 Å². The van der Waals surface area contributed by atoms with Crippen molar-refractivity contribution in [2.75, 3.05) is 6.61 Å². The highest BCUT2D eigenvalue weighted by atomic mass is 16.5. The standard InChI is InChI=1S/C18H18N2O5/c1-18-7-6-12(24-18)13-14(18)17(22)20(16(13)21)8-9-23-15-10-4-2-3-5-11(10)25-19-15/h2-5,12,21-22H,6-9H2,1H3. The molecule has 2 unspecified atom stereocenters. The molecule has 2 atom stereocenters. The van der Waals surface area contributed by atoms with E-state index in [2.05, 4.69) is 5.16 Å². The van der Waals surface area contributed by atoms with Crippen LogP contribution in [0.1, 0.15) is 37.0 Å². The lowest BCUT2D eigenvalue weighted by molar-refractivity contribution is -0.00998. The molecule has 7 nitrogen and oxygen atoms in total. The molecule has 130 valence electrons. The molecule has 1 fully saturated rings. The van der Waals surface area contributed by atoms with Crippen molar-refractivity contribution in [3.63, 3.8) is 0 Å². The van der Waals surface area contributed by atoms with Gasteiger partial charge in [-0.2, -0.15) is 0 Å². The van der Waals surface area contributed by atoms with Crippen molar-refractivity contribution < 1.29 is 24.2 Å². The van der Waals surface area contributed by atoms with Gasteiger partial charge in [-0.15, -0.1) is 0 Å². The first-order valence-electron chi connectivity index (χ1n) is 8.38.